The Balaban J connectivity index is 2.26. The molecule has 0 spiro atoms. The van der Waals surface area contributed by atoms with Crippen LogP contribution in [0, 0.1) is 0 Å². The third-order valence-electron chi connectivity index (χ3n) is 2.20. The molecule has 2 aromatic rings. The zero-order valence-corrected chi connectivity index (χ0v) is 9.49. The SMILES string of the molecule is O=c1ccc(-c2ccc(NS(=O)[O-])cc2)c[nH]1. The number of anilines is 1. The van der Waals surface area contributed by atoms with Crippen LogP contribution < -0.4 is 10.3 Å². The van der Waals surface area contributed by atoms with Gasteiger partial charge in [-0.3, -0.25) is 9.00 Å². The maximum Gasteiger partial charge on any atom is 0.247 e. The Kier molecular flexibility index (Phi) is 3.36. The van der Waals surface area contributed by atoms with Gasteiger partial charge in [0.2, 0.25) is 5.56 Å². The number of pyridine rings is 1. The van der Waals surface area contributed by atoms with E-state index in [-0.39, 0.29) is 5.56 Å². The fourth-order valence-corrected chi connectivity index (χ4v) is 1.75. The van der Waals surface area contributed by atoms with Crippen molar-refractivity contribution < 1.29 is 8.76 Å². The summed E-state index contributed by atoms with van der Waals surface area (Å²) in [5, 5.41) is 0. The van der Waals surface area contributed by atoms with Crippen LogP contribution in [0.2, 0.25) is 0 Å². The molecule has 17 heavy (non-hydrogen) atoms. The van der Waals surface area contributed by atoms with E-state index in [1.54, 1.807) is 36.5 Å². The highest BCUT2D eigenvalue weighted by Crippen LogP contribution is 2.19. The summed E-state index contributed by atoms with van der Waals surface area (Å²) in [5.41, 5.74) is 2.09. The Bertz CT molecular complexity index is 572. The Labute approximate surface area is 99.9 Å². The highest BCUT2D eigenvalue weighted by molar-refractivity contribution is 7.80. The summed E-state index contributed by atoms with van der Waals surface area (Å²) in [6, 6.07) is 9.97. The first-order valence-electron chi connectivity index (χ1n) is 4.80. The maximum atomic E-state index is 10.9. The normalized spacial score (nSPS) is 12.1. The number of benzene rings is 1. The van der Waals surface area contributed by atoms with Gasteiger partial charge in [-0.05, 0) is 29.3 Å². The van der Waals surface area contributed by atoms with E-state index in [1.165, 1.54) is 6.07 Å². The van der Waals surface area contributed by atoms with Crippen LogP contribution in [0.5, 0.6) is 0 Å². The standard InChI is InChI=1S/C11H10N2O3S/c14-11-6-3-9(7-12-11)8-1-4-10(5-2-8)13-17(15)16/h1-7,13H,(H,12,14)(H,15,16)/p-1. The molecule has 1 heterocycles. The quantitative estimate of drug-likeness (QED) is 0.803. The van der Waals surface area contributed by atoms with Gasteiger partial charge in [-0.2, -0.15) is 0 Å². The highest BCUT2D eigenvalue weighted by Gasteiger charge is 1.97. The molecule has 0 bridgehead atoms. The van der Waals surface area contributed by atoms with Crippen molar-refractivity contribution in [3.8, 4) is 11.1 Å². The molecule has 0 fully saturated rings. The molecule has 0 aliphatic carbocycles. The fourth-order valence-electron chi connectivity index (χ4n) is 1.42. The lowest BCUT2D eigenvalue weighted by Gasteiger charge is -2.09. The lowest BCUT2D eigenvalue weighted by Crippen LogP contribution is -2.02. The van der Waals surface area contributed by atoms with Gasteiger partial charge in [0.05, 0.1) is 0 Å². The molecule has 0 aliphatic heterocycles. The fraction of sp³-hybridized carbons (Fsp3) is 0. The second-order valence-corrected chi connectivity index (χ2v) is 4.03. The Morgan fingerprint density at radius 1 is 1.06 bits per heavy atom. The average molecular weight is 249 g/mol. The highest BCUT2D eigenvalue weighted by atomic mass is 32.2. The Hall–Kier alpha value is -1.92. The number of aromatic amines is 1. The summed E-state index contributed by atoms with van der Waals surface area (Å²) in [6.07, 6.45) is 1.61. The molecule has 1 aromatic heterocycles. The van der Waals surface area contributed by atoms with Crippen LogP contribution in [0.1, 0.15) is 0 Å². The van der Waals surface area contributed by atoms with Crippen LogP contribution in [-0.2, 0) is 11.3 Å². The smallest absolute Gasteiger partial charge is 0.247 e. The largest absolute Gasteiger partial charge is 0.755 e. The molecule has 0 radical (unpaired) electrons. The second-order valence-electron chi connectivity index (χ2n) is 3.36. The van der Waals surface area contributed by atoms with Gasteiger partial charge < -0.3 is 14.3 Å². The van der Waals surface area contributed by atoms with Gasteiger partial charge in [-0.25, -0.2) is 0 Å². The predicted molar refractivity (Wildman–Crippen MR) is 65.0 cm³/mol. The molecule has 5 nitrogen and oxygen atoms in total. The summed E-state index contributed by atoms with van der Waals surface area (Å²) in [5.74, 6) is 0. The number of H-pyrrole nitrogens is 1. The molecule has 1 aromatic carbocycles. The number of hydrogen-bond donors (Lipinski definition) is 2. The second kappa shape index (κ2) is 4.94. The van der Waals surface area contributed by atoms with E-state index in [4.69, 9.17) is 0 Å². The average Bonchev–Trinajstić information content (AvgIpc) is 2.30. The lowest BCUT2D eigenvalue weighted by molar-refractivity contribution is 0.542. The Morgan fingerprint density at radius 3 is 2.24 bits per heavy atom. The third kappa shape index (κ3) is 3.02. The monoisotopic (exact) mass is 249 g/mol. The summed E-state index contributed by atoms with van der Waals surface area (Å²) in [4.78, 5) is 13.5. The first-order valence-corrected chi connectivity index (χ1v) is 5.88. The zero-order chi connectivity index (χ0) is 12.3. The van der Waals surface area contributed by atoms with Crippen molar-refractivity contribution in [1.29, 1.82) is 0 Å². The molecule has 1 atom stereocenters. The van der Waals surface area contributed by atoms with Crippen molar-refractivity contribution >= 4 is 17.0 Å². The van der Waals surface area contributed by atoms with E-state index >= 15 is 0 Å². The van der Waals surface area contributed by atoms with Crippen LogP contribution in [0.4, 0.5) is 5.69 Å². The molecular formula is C11H9N2O3S-. The molecule has 1 unspecified atom stereocenters. The summed E-state index contributed by atoms with van der Waals surface area (Å²) in [6.45, 7) is 0. The summed E-state index contributed by atoms with van der Waals surface area (Å²) in [7, 11) is 0. The van der Waals surface area contributed by atoms with Crippen LogP contribution in [-0.4, -0.2) is 13.7 Å². The molecule has 0 saturated carbocycles. The minimum atomic E-state index is -2.32. The third-order valence-corrected chi connectivity index (χ3v) is 2.61. The van der Waals surface area contributed by atoms with Crippen LogP contribution >= 0.6 is 0 Å². The molecule has 0 saturated heterocycles. The van der Waals surface area contributed by atoms with E-state index in [0.29, 0.717) is 5.69 Å². The van der Waals surface area contributed by atoms with Crippen LogP contribution in [0.3, 0.4) is 0 Å². The van der Waals surface area contributed by atoms with Gasteiger partial charge in [0.15, 0.2) is 0 Å². The van der Waals surface area contributed by atoms with E-state index in [9.17, 15) is 13.6 Å². The minimum Gasteiger partial charge on any atom is -0.755 e. The first kappa shape index (κ1) is 11.6. The van der Waals surface area contributed by atoms with Crippen LogP contribution in [0.15, 0.2) is 47.4 Å². The van der Waals surface area contributed by atoms with Gasteiger partial charge in [0.1, 0.15) is 0 Å². The topological polar surface area (TPSA) is 85.0 Å². The van der Waals surface area contributed by atoms with Gasteiger partial charge in [0.25, 0.3) is 0 Å². The molecule has 2 N–H and O–H groups in total. The molecule has 6 heteroatoms. The minimum absolute atomic E-state index is 0.159. The van der Waals surface area contributed by atoms with Crippen molar-refractivity contribution in [1.82, 2.24) is 4.98 Å². The molecular weight excluding hydrogens is 240 g/mol. The van der Waals surface area contributed by atoms with E-state index in [1.807, 2.05) is 0 Å². The van der Waals surface area contributed by atoms with Gasteiger partial charge in [0, 0.05) is 29.2 Å². The van der Waals surface area contributed by atoms with Crippen molar-refractivity contribution in [2.24, 2.45) is 0 Å². The van der Waals surface area contributed by atoms with Crippen LogP contribution in [0.25, 0.3) is 11.1 Å². The van der Waals surface area contributed by atoms with Crippen molar-refractivity contribution in [2.45, 2.75) is 0 Å². The lowest BCUT2D eigenvalue weighted by atomic mass is 10.1. The number of nitrogens with one attached hydrogen (secondary N) is 2. The molecule has 2 rings (SSSR count). The summed E-state index contributed by atoms with van der Waals surface area (Å²) < 4.78 is 23.1. The molecule has 0 amide bonds. The van der Waals surface area contributed by atoms with E-state index in [2.05, 4.69) is 9.71 Å². The van der Waals surface area contributed by atoms with E-state index < -0.39 is 11.3 Å². The molecule has 88 valence electrons. The Morgan fingerprint density at radius 2 is 1.71 bits per heavy atom. The van der Waals surface area contributed by atoms with Gasteiger partial charge in [-0.1, -0.05) is 12.1 Å². The maximum absolute atomic E-state index is 10.9. The number of hydrogen-bond acceptors (Lipinski definition) is 3. The zero-order valence-electron chi connectivity index (χ0n) is 8.67. The number of aromatic nitrogens is 1. The van der Waals surface area contributed by atoms with Crippen molar-refractivity contribution in [3.63, 3.8) is 0 Å². The summed E-state index contributed by atoms with van der Waals surface area (Å²) >= 11 is -2.32. The predicted octanol–water partition coefficient (Wildman–Crippen LogP) is 1.25. The van der Waals surface area contributed by atoms with Crippen molar-refractivity contribution in [2.75, 3.05) is 4.72 Å². The molecule has 0 aliphatic rings. The van der Waals surface area contributed by atoms with Crippen molar-refractivity contribution in [3.05, 3.63) is 52.9 Å². The number of rotatable bonds is 3. The van der Waals surface area contributed by atoms with E-state index in [0.717, 1.165) is 11.1 Å². The first-order chi connectivity index (χ1) is 8.15. The van der Waals surface area contributed by atoms with Gasteiger partial charge >= 0.3 is 0 Å². The van der Waals surface area contributed by atoms with Gasteiger partial charge in [-0.15, -0.1) is 0 Å².